The van der Waals surface area contributed by atoms with Crippen LogP contribution in [0.25, 0.3) is 0 Å². The van der Waals surface area contributed by atoms with Crippen LogP contribution in [0.3, 0.4) is 0 Å². The summed E-state index contributed by atoms with van der Waals surface area (Å²) in [4.78, 5) is 28.1. The van der Waals surface area contributed by atoms with Gasteiger partial charge in [-0.15, -0.1) is 0 Å². The summed E-state index contributed by atoms with van der Waals surface area (Å²) < 4.78 is 13.0. The highest BCUT2D eigenvalue weighted by molar-refractivity contribution is 5.94. The molecule has 5 nitrogen and oxygen atoms in total. The van der Waals surface area contributed by atoms with Gasteiger partial charge in [-0.1, -0.05) is 12.1 Å². The Labute approximate surface area is 165 Å². The zero-order valence-corrected chi connectivity index (χ0v) is 16.2. The lowest BCUT2D eigenvalue weighted by atomic mass is 10.1. The van der Waals surface area contributed by atoms with E-state index < -0.39 is 0 Å². The van der Waals surface area contributed by atoms with E-state index in [-0.39, 0.29) is 30.7 Å². The predicted octanol–water partition coefficient (Wildman–Crippen LogP) is 3.80. The molecule has 1 aliphatic heterocycles. The molecular weight excluding hydrogens is 357 g/mol. The third-order valence-corrected chi connectivity index (χ3v) is 4.94. The molecular formula is C22H26FN3O2. The fourth-order valence-corrected chi connectivity index (χ4v) is 3.37. The molecule has 28 heavy (non-hydrogen) atoms. The van der Waals surface area contributed by atoms with E-state index in [0.29, 0.717) is 5.69 Å². The number of benzene rings is 2. The molecule has 0 radical (unpaired) electrons. The molecule has 1 saturated heterocycles. The van der Waals surface area contributed by atoms with Crippen LogP contribution in [0, 0.1) is 5.82 Å². The molecule has 3 rings (SSSR count). The highest BCUT2D eigenvalue weighted by atomic mass is 19.1. The summed E-state index contributed by atoms with van der Waals surface area (Å²) in [6.07, 6.45) is 3.72. The summed E-state index contributed by atoms with van der Waals surface area (Å²) in [6, 6.07) is 13.7. The minimum absolute atomic E-state index is 0.0550. The van der Waals surface area contributed by atoms with Crippen LogP contribution in [0.5, 0.6) is 0 Å². The Morgan fingerprint density at radius 2 is 1.64 bits per heavy atom. The number of carbonyl (C=O) groups is 2. The van der Waals surface area contributed by atoms with E-state index in [9.17, 15) is 14.0 Å². The summed E-state index contributed by atoms with van der Waals surface area (Å²) >= 11 is 0. The van der Waals surface area contributed by atoms with Gasteiger partial charge in [0.15, 0.2) is 0 Å². The van der Waals surface area contributed by atoms with Crippen LogP contribution in [0.1, 0.15) is 31.7 Å². The Kier molecular flexibility index (Phi) is 6.63. The molecule has 0 spiro atoms. The first-order chi connectivity index (χ1) is 13.5. The summed E-state index contributed by atoms with van der Waals surface area (Å²) in [7, 11) is 0. The summed E-state index contributed by atoms with van der Waals surface area (Å²) in [5, 5.41) is 2.84. The molecule has 0 aromatic heterocycles. The van der Waals surface area contributed by atoms with Crippen molar-refractivity contribution >= 4 is 23.2 Å². The number of hydrogen-bond donors (Lipinski definition) is 1. The first-order valence-corrected chi connectivity index (χ1v) is 9.66. The molecule has 2 aromatic rings. The van der Waals surface area contributed by atoms with Gasteiger partial charge < -0.3 is 15.1 Å². The van der Waals surface area contributed by atoms with Crippen molar-refractivity contribution in [2.45, 2.75) is 32.7 Å². The normalized spacial score (nSPS) is 13.9. The van der Waals surface area contributed by atoms with Crippen molar-refractivity contribution in [2.75, 3.05) is 29.9 Å². The van der Waals surface area contributed by atoms with Crippen LogP contribution < -0.4 is 10.2 Å². The van der Waals surface area contributed by atoms with Gasteiger partial charge in [0.1, 0.15) is 12.4 Å². The SMILES string of the molecule is CC(=O)N(CC(=O)Nc1ccc(N2CCCCC2)cc1)Cc1ccc(F)cc1. The van der Waals surface area contributed by atoms with Crippen LogP contribution in [0.4, 0.5) is 15.8 Å². The molecule has 6 heteroatoms. The summed E-state index contributed by atoms with van der Waals surface area (Å²) in [6.45, 7) is 3.77. The van der Waals surface area contributed by atoms with Gasteiger partial charge >= 0.3 is 0 Å². The molecule has 2 aromatic carbocycles. The van der Waals surface area contributed by atoms with Gasteiger partial charge in [-0.2, -0.15) is 0 Å². The molecule has 0 atom stereocenters. The number of nitrogens with one attached hydrogen (secondary N) is 1. The first-order valence-electron chi connectivity index (χ1n) is 9.66. The fourth-order valence-electron chi connectivity index (χ4n) is 3.37. The number of hydrogen-bond acceptors (Lipinski definition) is 3. The molecule has 148 valence electrons. The number of nitrogens with zero attached hydrogens (tertiary/aromatic N) is 2. The maximum atomic E-state index is 13.0. The first kappa shape index (κ1) is 19.9. The monoisotopic (exact) mass is 383 g/mol. The van der Waals surface area contributed by atoms with E-state index in [0.717, 1.165) is 18.7 Å². The van der Waals surface area contributed by atoms with E-state index in [1.165, 1.54) is 48.9 Å². The lowest BCUT2D eigenvalue weighted by molar-refractivity contribution is -0.133. The zero-order valence-electron chi connectivity index (χ0n) is 16.2. The van der Waals surface area contributed by atoms with Gasteiger partial charge in [0.2, 0.25) is 11.8 Å². The van der Waals surface area contributed by atoms with Gasteiger partial charge in [0.25, 0.3) is 0 Å². The molecule has 0 saturated carbocycles. The number of piperidine rings is 1. The van der Waals surface area contributed by atoms with Crippen LogP contribution in [-0.2, 0) is 16.1 Å². The Balaban J connectivity index is 1.56. The third-order valence-electron chi connectivity index (χ3n) is 4.94. The smallest absolute Gasteiger partial charge is 0.244 e. The van der Waals surface area contributed by atoms with Crippen LogP contribution in [0.15, 0.2) is 48.5 Å². The van der Waals surface area contributed by atoms with Crippen molar-refractivity contribution < 1.29 is 14.0 Å². The average molecular weight is 383 g/mol. The van der Waals surface area contributed by atoms with Crippen molar-refractivity contribution in [1.29, 1.82) is 0 Å². The van der Waals surface area contributed by atoms with E-state index in [1.807, 2.05) is 24.3 Å². The maximum Gasteiger partial charge on any atom is 0.244 e. The minimum atomic E-state index is -0.330. The van der Waals surface area contributed by atoms with Crippen LogP contribution in [0.2, 0.25) is 0 Å². The molecule has 1 fully saturated rings. The minimum Gasteiger partial charge on any atom is -0.372 e. The fraction of sp³-hybridized carbons (Fsp3) is 0.364. The van der Waals surface area contributed by atoms with E-state index in [1.54, 1.807) is 12.1 Å². The van der Waals surface area contributed by atoms with Crippen molar-refractivity contribution in [3.63, 3.8) is 0 Å². The lowest BCUT2D eigenvalue weighted by Gasteiger charge is -2.28. The van der Waals surface area contributed by atoms with Crippen LogP contribution in [-0.4, -0.2) is 36.3 Å². The van der Waals surface area contributed by atoms with Crippen molar-refractivity contribution in [2.24, 2.45) is 0 Å². The van der Waals surface area contributed by atoms with Gasteiger partial charge in [-0.3, -0.25) is 9.59 Å². The van der Waals surface area contributed by atoms with Gasteiger partial charge in [0, 0.05) is 37.9 Å². The quantitative estimate of drug-likeness (QED) is 0.825. The number of halogens is 1. The molecule has 0 unspecified atom stereocenters. The standard InChI is InChI=1S/C22H26FN3O2/c1-17(27)26(15-18-5-7-19(23)8-6-18)16-22(28)24-20-9-11-21(12-10-20)25-13-3-2-4-14-25/h5-12H,2-4,13-16H2,1H3,(H,24,28). The van der Waals surface area contributed by atoms with Gasteiger partial charge in [0.05, 0.1) is 0 Å². The summed E-state index contributed by atoms with van der Waals surface area (Å²) in [5.74, 6) is -0.799. The van der Waals surface area contributed by atoms with Crippen molar-refractivity contribution in [3.8, 4) is 0 Å². The molecule has 1 aliphatic rings. The predicted molar refractivity (Wildman–Crippen MR) is 109 cm³/mol. The summed E-state index contributed by atoms with van der Waals surface area (Å²) in [5.41, 5.74) is 2.64. The largest absolute Gasteiger partial charge is 0.372 e. The van der Waals surface area contributed by atoms with Gasteiger partial charge in [-0.25, -0.2) is 4.39 Å². The van der Waals surface area contributed by atoms with E-state index in [2.05, 4.69) is 10.2 Å². The second-order valence-electron chi connectivity index (χ2n) is 7.14. The number of carbonyl (C=O) groups excluding carboxylic acids is 2. The van der Waals surface area contributed by atoms with Gasteiger partial charge in [-0.05, 0) is 61.2 Å². The Bertz CT molecular complexity index is 800. The third kappa shape index (κ3) is 5.55. The van der Waals surface area contributed by atoms with E-state index in [4.69, 9.17) is 0 Å². The molecule has 0 aliphatic carbocycles. The Morgan fingerprint density at radius 3 is 2.25 bits per heavy atom. The molecule has 0 bridgehead atoms. The highest BCUT2D eigenvalue weighted by Gasteiger charge is 2.15. The zero-order chi connectivity index (χ0) is 19.9. The number of amides is 2. The van der Waals surface area contributed by atoms with Crippen molar-refractivity contribution in [3.05, 3.63) is 59.9 Å². The molecule has 1 heterocycles. The maximum absolute atomic E-state index is 13.0. The Morgan fingerprint density at radius 1 is 1.00 bits per heavy atom. The second-order valence-corrected chi connectivity index (χ2v) is 7.14. The topological polar surface area (TPSA) is 52.7 Å². The average Bonchev–Trinajstić information content (AvgIpc) is 2.70. The Hall–Kier alpha value is -2.89. The van der Waals surface area contributed by atoms with E-state index >= 15 is 0 Å². The highest BCUT2D eigenvalue weighted by Crippen LogP contribution is 2.21. The van der Waals surface area contributed by atoms with Crippen molar-refractivity contribution in [1.82, 2.24) is 4.90 Å². The van der Waals surface area contributed by atoms with Crippen LogP contribution >= 0.6 is 0 Å². The number of anilines is 2. The lowest BCUT2D eigenvalue weighted by Crippen LogP contribution is -2.36. The molecule has 2 amide bonds. The number of rotatable bonds is 6. The second kappa shape index (κ2) is 9.35. The molecule has 1 N–H and O–H groups in total.